The third-order valence-electron chi connectivity index (χ3n) is 1.31. The zero-order valence-corrected chi connectivity index (χ0v) is 7.74. The van der Waals surface area contributed by atoms with E-state index in [-0.39, 0.29) is 13.0 Å². The minimum Gasteiger partial charge on any atom is -0.457 e. The fourth-order valence-electron chi connectivity index (χ4n) is 0.755. The Balaban J connectivity index is 4.44. The van der Waals surface area contributed by atoms with Crippen LogP contribution in [0.15, 0.2) is 0 Å². The number of carbonyl (C=O) groups is 2. The van der Waals surface area contributed by atoms with Crippen LogP contribution in [-0.4, -0.2) is 28.9 Å². The molecule has 0 radical (unpaired) electrons. The molecule has 5 heteroatoms. The molecular weight excluding hydrogens is 172 g/mol. The molecule has 72 valence electrons. The summed E-state index contributed by atoms with van der Waals surface area (Å²) in [5, 5.41) is 0. The van der Waals surface area contributed by atoms with E-state index in [9.17, 15) is 9.59 Å². The number of esters is 1. The highest BCUT2D eigenvalue weighted by Crippen LogP contribution is 1.92. The van der Waals surface area contributed by atoms with E-state index in [1.165, 1.54) is 0 Å². The number of nitrogens with zero attached hydrogens (tertiary/aromatic N) is 2. The van der Waals surface area contributed by atoms with Crippen LogP contribution >= 0.6 is 0 Å². The van der Waals surface area contributed by atoms with Gasteiger partial charge in [-0.3, -0.25) is 4.79 Å². The molecule has 0 aromatic carbocycles. The summed E-state index contributed by atoms with van der Waals surface area (Å²) in [5.74, 6) is -1.37. The highest BCUT2D eigenvalue weighted by atomic mass is 16.5. The Morgan fingerprint density at radius 2 is 2.00 bits per heavy atom. The van der Waals surface area contributed by atoms with Gasteiger partial charge in [-0.25, -0.2) is 4.79 Å². The van der Waals surface area contributed by atoms with Crippen molar-refractivity contribution in [2.45, 2.75) is 26.7 Å². The lowest BCUT2D eigenvalue weighted by molar-refractivity contribution is -0.141. The van der Waals surface area contributed by atoms with Crippen LogP contribution in [0.5, 0.6) is 0 Å². The summed E-state index contributed by atoms with van der Waals surface area (Å²) < 4.78 is 4.51. The SMILES string of the molecule is CCCC(=O)C(=[N+]=[N-])C(=O)OCC. The molecule has 0 aromatic rings. The minimum absolute atomic E-state index is 0.150. The first-order chi connectivity index (χ1) is 6.17. The van der Waals surface area contributed by atoms with Crippen LogP contribution in [0.25, 0.3) is 5.53 Å². The highest BCUT2D eigenvalue weighted by Gasteiger charge is 2.29. The van der Waals surface area contributed by atoms with Gasteiger partial charge in [0.1, 0.15) is 0 Å². The second-order valence-corrected chi connectivity index (χ2v) is 2.34. The molecule has 0 saturated carbocycles. The molecule has 0 rings (SSSR count). The number of ether oxygens (including phenoxy) is 1. The Morgan fingerprint density at radius 1 is 1.38 bits per heavy atom. The van der Waals surface area contributed by atoms with Crippen molar-refractivity contribution >= 4 is 17.5 Å². The van der Waals surface area contributed by atoms with E-state index >= 15 is 0 Å². The summed E-state index contributed by atoms with van der Waals surface area (Å²) in [7, 11) is 0. The molecular formula is C8H12N2O3. The van der Waals surface area contributed by atoms with E-state index in [1.807, 2.05) is 0 Å². The molecule has 0 aromatic heterocycles. The first-order valence-corrected chi connectivity index (χ1v) is 4.09. The number of hydrogen-bond acceptors (Lipinski definition) is 3. The Labute approximate surface area is 76.3 Å². The number of carbonyl (C=O) groups excluding carboxylic acids is 2. The molecule has 13 heavy (non-hydrogen) atoms. The monoisotopic (exact) mass is 184 g/mol. The maximum Gasteiger partial charge on any atom is 0.441 e. The van der Waals surface area contributed by atoms with Gasteiger partial charge in [0.25, 0.3) is 5.78 Å². The van der Waals surface area contributed by atoms with Crippen LogP contribution < -0.4 is 0 Å². The summed E-state index contributed by atoms with van der Waals surface area (Å²) >= 11 is 0. The molecule has 0 aliphatic carbocycles. The van der Waals surface area contributed by atoms with Crippen molar-refractivity contribution in [1.82, 2.24) is 0 Å². The predicted octanol–water partition coefficient (Wildman–Crippen LogP) is 0.589. The molecule has 5 nitrogen and oxygen atoms in total. The Morgan fingerprint density at radius 3 is 2.38 bits per heavy atom. The number of hydrogen-bond donors (Lipinski definition) is 0. The largest absolute Gasteiger partial charge is 0.457 e. The van der Waals surface area contributed by atoms with E-state index in [1.54, 1.807) is 13.8 Å². The topological polar surface area (TPSA) is 79.8 Å². The van der Waals surface area contributed by atoms with Gasteiger partial charge in [0.2, 0.25) is 0 Å². The van der Waals surface area contributed by atoms with Crippen molar-refractivity contribution in [3.8, 4) is 0 Å². The van der Waals surface area contributed by atoms with Crippen molar-refractivity contribution in [2.75, 3.05) is 6.61 Å². The molecule has 0 bridgehead atoms. The van der Waals surface area contributed by atoms with Crippen LogP contribution in [-0.2, 0) is 14.3 Å². The average Bonchev–Trinajstić information content (AvgIpc) is 2.06. The Hall–Kier alpha value is -1.48. The van der Waals surface area contributed by atoms with Gasteiger partial charge in [-0.15, -0.1) is 0 Å². The summed E-state index contributed by atoms with van der Waals surface area (Å²) in [5.41, 5.74) is 7.86. The summed E-state index contributed by atoms with van der Waals surface area (Å²) in [6, 6.07) is 0. The number of ketones is 1. The first-order valence-electron chi connectivity index (χ1n) is 4.09. The fourth-order valence-corrected chi connectivity index (χ4v) is 0.755. The van der Waals surface area contributed by atoms with E-state index in [0.29, 0.717) is 6.42 Å². The maximum atomic E-state index is 11.1. The molecule has 0 amide bonds. The van der Waals surface area contributed by atoms with E-state index < -0.39 is 17.5 Å². The van der Waals surface area contributed by atoms with Gasteiger partial charge in [-0.1, -0.05) is 6.92 Å². The van der Waals surface area contributed by atoms with E-state index in [2.05, 4.69) is 9.53 Å². The molecule has 0 unspecified atom stereocenters. The summed E-state index contributed by atoms with van der Waals surface area (Å²) in [6.45, 7) is 3.55. The standard InChI is InChI=1S/C8H12N2O3/c1-3-5-6(11)7(10-9)8(12)13-4-2/h3-5H2,1-2H3. The molecule has 0 saturated heterocycles. The lowest BCUT2D eigenvalue weighted by atomic mass is 10.1. The van der Waals surface area contributed by atoms with Gasteiger partial charge in [-0.05, 0) is 13.3 Å². The highest BCUT2D eigenvalue weighted by molar-refractivity contribution is 6.62. The molecule has 0 N–H and O–H groups in total. The molecule has 0 fully saturated rings. The Bertz CT molecular complexity index is 234. The molecule has 0 heterocycles. The van der Waals surface area contributed by atoms with Gasteiger partial charge >= 0.3 is 11.7 Å². The fraction of sp³-hybridized carbons (Fsp3) is 0.625. The predicted molar refractivity (Wildman–Crippen MR) is 45.2 cm³/mol. The van der Waals surface area contributed by atoms with Crippen LogP contribution in [0.1, 0.15) is 26.7 Å². The van der Waals surface area contributed by atoms with Crippen molar-refractivity contribution in [3.05, 3.63) is 5.53 Å². The average molecular weight is 184 g/mol. The molecule has 0 aliphatic heterocycles. The van der Waals surface area contributed by atoms with Crippen molar-refractivity contribution in [2.24, 2.45) is 0 Å². The lowest BCUT2D eigenvalue weighted by Gasteiger charge is -1.95. The van der Waals surface area contributed by atoms with Gasteiger partial charge < -0.3 is 10.3 Å². The lowest BCUT2D eigenvalue weighted by Crippen LogP contribution is -2.27. The number of Topliss-reactive ketones (excluding diaryl/α,β-unsaturated/α-hetero) is 1. The number of rotatable bonds is 5. The summed E-state index contributed by atoms with van der Waals surface area (Å²) in [4.78, 5) is 24.7. The summed E-state index contributed by atoms with van der Waals surface area (Å²) in [6.07, 6.45) is 0.773. The van der Waals surface area contributed by atoms with Crippen LogP contribution in [0.3, 0.4) is 0 Å². The molecule has 0 aliphatic rings. The smallest absolute Gasteiger partial charge is 0.441 e. The first kappa shape index (κ1) is 11.5. The second kappa shape index (κ2) is 6.08. The van der Waals surface area contributed by atoms with Crippen molar-refractivity contribution in [3.63, 3.8) is 0 Å². The normalized spacial score (nSPS) is 8.77. The van der Waals surface area contributed by atoms with Crippen LogP contribution in [0.2, 0.25) is 0 Å². The third kappa shape index (κ3) is 3.62. The van der Waals surface area contributed by atoms with E-state index in [0.717, 1.165) is 0 Å². The van der Waals surface area contributed by atoms with Gasteiger partial charge in [0, 0.05) is 6.42 Å². The van der Waals surface area contributed by atoms with E-state index in [4.69, 9.17) is 5.53 Å². The molecule has 0 atom stereocenters. The zero-order chi connectivity index (χ0) is 10.3. The van der Waals surface area contributed by atoms with Gasteiger partial charge in [0.05, 0.1) is 6.61 Å². The minimum atomic E-state index is -0.872. The van der Waals surface area contributed by atoms with Crippen LogP contribution in [0.4, 0.5) is 0 Å². The Kier molecular flexibility index (Phi) is 5.39. The van der Waals surface area contributed by atoms with Crippen molar-refractivity contribution < 1.29 is 19.1 Å². The molecule has 0 spiro atoms. The van der Waals surface area contributed by atoms with Gasteiger partial charge in [0.15, 0.2) is 0 Å². The van der Waals surface area contributed by atoms with Crippen molar-refractivity contribution in [1.29, 1.82) is 0 Å². The quantitative estimate of drug-likeness (QED) is 0.206. The van der Waals surface area contributed by atoms with Crippen LogP contribution in [0, 0.1) is 0 Å². The van der Waals surface area contributed by atoms with Gasteiger partial charge in [-0.2, -0.15) is 4.79 Å². The second-order valence-electron chi connectivity index (χ2n) is 2.34. The zero-order valence-electron chi connectivity index (χ0n) is 7.74. The third-order valence-corrected chi connectivity index (χ3v) is 1.31. The maximum absolute atomic E-state index is 11.1.